The van der Waals surface area contributed by atoms with Crippen LogP contribution in [0.1, 0.15) is 41.8 Å². The van der Waals surface area contributed by atoms with Crippen LogP contribution in [-0.2, 0) is 22.4 Å². The van der Waals surface area contributed by atoms with Gasteiger partial charge in [0, 0.05) is 15.3 Å². The summed E-state index contributed by atoms with van der Waals surface area (Å²) in [5, 5.41) is 3.08. The first-order chi connectivity index (χ1) is 15.9. The molecule has 2 saturated carbocycles. The topological polar surface area (TPSA) is 66.5 Å². The van der Waals surface area contributed by atoms with Crippen molar-refractivity contribution in [2.75, 3.05) is 10.2 Å². The van der Waals surface area contributed by atoms with Crippen molar-refractivity contribution in [3.05, 3.63) is 59.2 Å². The molecule has 0 unspecified atom stereocenters. The van der Waals surface area contributed by atoms with Gasteiger partial charge in [0.1, 0.15) is 0 Å². The van der Waals surface area contributed by atoms with Crippen LogP contribution in [0.2, 0.25) is 0 Å². The zero-order valence-corrected chi connectivity index (χ0v) is 21.7. The van der Waals surface area contributed by atoms with Crippen LogP contribution in [0.15, 0.2) is 42.5 Å². The Balaban J connectivity index is 1.49. The fraction of sp³-hybridized carbons (Fsp3) is 0.423. The molecule has 2 aliphatic carbocycles. The molecule has 0 radical (unpaired) electrons. The SMILES string of the molecule is CCc1cccc(CC)c1NC(=O)c1ccccc1N1C(=O)[C@@H]2[C@H]3C[C@@H]([C@H](Br)[C@H]3Br)[C@H]2C1=O. The van der Waals surface area contributed by atoms with Crippen LogP contribution in [0.3, 0.4) is 0 Å². The quantitative estimate of drug-likeness (QED) is 0.387. The first-order valence-corrected chi connectivity index (χ1v) is 13.4. The highest BCUT2D eigenvalue weighted by molar-refractivity contribution is 9.12. The number of carbonyl (C=O) groups excluding carboxylic acids is 3. The van der Waals surface area contributed by atoms with Crippen LogP contribution in [0.25, 0.3) is 0 Å². The Morgan fingerprint density at radius 2 is 1.45 bits per heavy atom. The van der Waals surface area contributed by atoms with E-state index in [2.05, 4.69) is 51.0 Å². The van der Waals surface area contributed by atoms with E-state index in [1.165, 1.54) is 4.90 Å². The van der Waals surface area contributed by atoms with Crippen molar-refractivity contribution in [1.82, 2.24) is 0 Å². The number of rotatable bonds is 5. The fourth-order valence-electron chi connectivity index (χ4n) is 6.03. The van der Waals surface area contributed by atoms with E-state index in [-0.39, 0.29) is 51.0 Å². The lowest BCUT2D eigenvalue weighted by atomic mass is 9.81. The number of nitrogens with zero attached hydrogens (tertiary/aromatic N) is 1. The minimum absolute atomic E-state index is 0.135. The standard InChI is InChI=1S/C26H26Br2N2O3/c1-3-13-8-7-9-14(4-2)23(13)29-24(31)15-10-5-6-11-18(15)30-25(32)19-16-12-17(20(19)26(30)33)22(28)21(16)27/h5-11,16-17,19-22H,3-4,12H2,1-2H3,(H,29,31)/t16-,17-,19-,20-,21+,22+/m1/s1. The highest BCUT2D eigenvalue weighted by Crippen LogP contribution is 2.60. The number of fused-ring (bicyclic) bond motifs is 5. The lowest BCUT2D eigenvalue weighted by Crippen LogP contribution is -2.37. The summed E-state index contributed by atoms with van der Waals surface area (Å²) < 4.78 is 0. The molecule has 3 amide bonds. The van der Waals surface area contributed by atoms with Crippen molar-refractivity contribution in [3.8, 4) is 0 Å². The third-order valence-electron chi connectivity index (χ3n) is 7.61. The molecule has 6 atom stereocenters. The van der Waals surface area contributed by atoms with Crippen LogP contribution in [0.5, 0.6) is 0 Å². The number of anilines is 2. The van der Waals surface area contributed by atoms with Crippen molar-refractivity contribution in [2.24, 2.45) is 23.7 Å². The highest BCUT2D eigenvalue weighted by Gasteiger charge is 2.66. The second-order valence-corrected chi connectivity index (χ2v) is 11.3. The number of imide groups is 1. The monoisotopic (exact) mass is 572 g/mol. The molecule has 2 bridgehead atoms. The molecule has 1 heterocycles. The van der Waals surface area contributed by atoms with Gasteiger partial charge in [-0.25, -0.2) is 4.90 Å². The van der Waals surface area contributed by atoms with Gasteiger partial charge in [0.2, 0.25) is 11.8 Å². The van der Waals surface area contributed by atoms with Gasteiger partial charge in [0.25, 0.3) is 5.91 Å². The largest absolute Gasteiger partial charge is 0.321 e. The normalized spacial score (nSPS) is 30.1. The molecule has 172 valence electrons. The number of aryl methyl sites for hydroxylation is 2. The molecule has 1 saturated heterocycles. The highest BCUT2D eigenvalue weighted by atomic mass is 79.9. The van der Waals surface area contributed by atoms with Gasteiger partial charge < -0.3 is 5.32 Å². The smallest absolute Gasteiger partial charge is 0.257 e. The maximum absolute atomic E-state index is 13.5. The zero-order valence-electron chi connectivity index (χ0n) is 18.6. The molecular weight excluding hydrogens is 548 g/mol. The van der Waals surface area contributed by atoms with E-state index in [0.717, 1.165) is 36.1 Å². The molecule has 33 heavy (non-hydrogen) atoms. The van der Waals surface area contributed by atoms with Gasteiger partial charge in [-0.15, -0.1) is 0 Å². The number of nitrogens with one attached hydrogen (secondary N) is 1. The Morgan fingerprint density at radius 3 is 2.00 bits per heavy atom. The number of benzene rings is 2. The van der Waals surface area contributed by atoms with E-state index in [4.69, 9.17) is 0 Å². The van der Waals surface area contributed by atoms with E-state index in [9.17, 15) is 14.4 Å². The van der Waals surface area contributed by atoms with Gasteiger partial charge in [-0.05, 0) is 54.4 Å². The molecule has 2 aromatic rings. The molecular formula is C26H26Br2N2O3. The van der Waals surface area contributed by atoms with Crippen molar-refractivity contribution < 1.29 is 14.4 Å². The third-order valence-corrected chi connectivity index (χ3v) is 10.8. The van der Waals surface area contributed by atoms with Gasteiger partial charge >= 0.3 is 0 Å². The molecule has 3 aliphatic rings. The number of carbonyl (C=O) groups is 3. The Kier molecular flexibility index (Phi) is 5.98. The third kappa shape index (κ3) is 3.42. The molecule has 0 aromatic heterocycles. The van der Waals surface area contributed by atoms with Crippen LogP contribution in [0.4, 0.5) is 11.4 Å². The second kappa shape index (κ2) is 8.66. The van der Waals surface area contributed by atoms with Crippen molar-refractivity contribution in [3.63, 3.8) is 0 Å². The first-order valence-electron chi connectivity index (χ1n) is 11.6. The maximum atomic E-state index is 13.5. The van der Waals surface area contributed by atoms with Gasteiger partial charge in [0.15, 0.2) is 0 Å². The summed E-state index contributed by atoms with van der Waals surface area (Å²) >= 11 is 7.46. The molecule has 7 heteroatoms. The number of alkyl halides is 2. The number of hydrogen-bond acceptors (Lipinski definition) is 3. The Labute approximate surface area is 210 Å². The lowest BCUT2D eigenvalue weighted by molar-refractivity contribution is -0.123. The van der Waals surface area contributed by atoms with Crippen LogP contribution >= 0.6 is 31.9 Å². The number of amides is 3. The fourth-order valence-corrected chi connectivity index (χ4v) is 7.90. The summed E-state index contributed by atoms with van der Waals surface area (Å²) in [6, 6.07) is 13.0. The Morgan fingerprint density at radius 1 is 0.909 bits per heavy atom. The van der Waals surface area contributed by atoms with E-state index >= 15 is 0 Å². The number of halogens is 2. The van der Waals surface area contributed by atoms with Gasteiger partial charge in [-0.2, -0.15) is 0 Å². The zero-order chi connectivity index (χ0) is 23.4. The minimum Gasteiger partial charge on any atom is -0.321 e. The van der Waals surface area contributed by atoms with Crippen molar-refractivity contribution in [1.29, 1.82) is 0 Å². The van der Waals surface area contributed by atoms with Crippen LogP contribution in [-0.4, -0.2) is 27.4 Å². The molecule has 5 nitrogen and oxygen atoms in total. The summed E-state index contributed by atoms with van der Waals surface area (Å²) in [5.41, 5.74) is 3.66. The van der Waals surface area contributed by atoms with Gasteiger partial charge in [0.05, 0.1) is 23.1 Å². The Bertz CT molecular complexity index is 1100. The average molecular weight is 574 g/mol. The van der Waals surface area contributed by atoms with E-state index < -0.39 is 0 Å². The molecule has 1 N–H and O–H groups in total. The van der Waals surface area contributed by atoms with Crippen molar-refractivity contribution in [2.45, 2.75) is 42.8 Å². The minimum atomic E-state index is -0.315. The lowest BCUT2D eigenvalue weighted by Gasteiger charge is -2.28. The first kappa shape index (κ1) is 22.8. The molecule has 3 fully saturated rings. The Hall–Kier alpha value is -1.99. The predicted molar refractivity (Wildman–Crippen MR) is 136 cm³/mol. The summed E-state index contributed by atoms with van der Waals surface area (Å²) in [5.74, 6) is -1.02. The summed E-state index contributed by atoms with van der Waals surface area (Å²) in [6.45, 7) is 4.11. The van der Waals surface area contributed by atoms with E-state index in [0.29, 0.717) is 11.3 Å². The van der Waals surface area contributed by atoms with E-state index in [1.54, 1.807) is 24.3 Å². The molecule has 5 rings (SSSR count). The molecule has 0 spiro atoms. The van der Waals surface area contributed by atoms with Gasteiger partial charge in [-0.3, -0.25) is 14.4 Å². The maximum Gasteiger partial charge on any atom is 0.257 e. The van der Waals surface area contributed by atoms with Crippen LogP contribution in [0, 0.1) is 23.7 Å². The van der Waals surface area contributed by atoms with Gasteiger partial charge in [-0.1, -0.05) is 76.0 Å². The summed E-state index contributed by atoms with van der Waals surface area (Å²) in [4.78, 5) is 42.1. The average Bonchev–Trinajstić information content (AvgIpc) is 3.44. The summed E-state index contributed by atoms with van der Waals surface area (Å²) in [7, 11) is 0. The number of hydrogen-bond donors (Lipinski definition) is 1. The van der Waals surface area contributed by atoms with Crippen molar-refractivity contribution >= 4 is 61.0 Å². The molecule has 1 aliphatic heterocycles. The molecule has 2 aromatic carbocycles. The predicted octanol–water partition coefficient (Wildman–Crippen LogP) is 5.35. The number of para-hydroxylation sites is 2. The summed E-state index contributed by atoms with van der Waals surface area (Å²) in [6.07, 6.45) is 2.46. The van der Waals surface area contributed by atoms with Crippen LogP contribution < -0.4 is 10.2 Å². The van der Waals surface area contributed by atoms with E-state index in [1.807, 2.05) is 18.2 Å². The second-order valence-electron chi connectivity index (χ2n) is 9.15.